The third-order valence-corrected chi connectivity index (χ3v) is 4.71. The van der Waals surface area contributed by atoms with Crippen LogP contribution < -0.4 is 16.4 Å². The highest BCUT2D eigenvalue weighted by atomic mass is 16.2. The molecule has 1 aromatic carbocycles. The molecule has 3 rings (SSSR count). The zero-order chi connectivity index (χ0) is 19.6. The summed E-state index contributed by atoms with van der Waals surface area (Å²) in [5, 5.41) is 5.41. The zero-order valence-corrected chi connectivity index (χ0v) is 14.9. The average Bonchev–Trinajstić information content (AvgIpc) is 2.86. The maximum Gasteiger partial charge on any atom is 0.262 e. The summed E-state index contributed by atoms with van der Waals surface area (Å²) in [6.07, 6.45) is 0.991. The second-order valence-electron chi connectivity index (χ2n) is 6.72. The number of nitrogens with zero attached hydrogens (tertiary/aromatic N) is 1. The van der Waals surface area contributed by atoms with Gasteiger partial charge < -0.3 is 11.1 Å². The molecular weight excluding hydrogens is 348 g/mol. The van der Waals surface area contributed by atoms with Crippen LogP contribution in [0.5, 0.6) is 0 Å². The topological polar surface area (TPSA) is 122 Å². The quantitative estimate of drug-likeness (QED) is 0.462. The van der Waals surface area contributed by atoms with Crippen molar-refractivity contribution in [2.45, 2.75) is 31.8 Å². The lowest BCUT2D eigenvalue weighted by molar-refractivity contribution is -0.136. The molecule has 1 atom stereocenters. The van der Waals surface area contributed by atoms with Gasteiger partial charge in [-0.25, -0.2) is 0 Å². The Morgan fingerprint density at radius 1 is 1.22 bits per heavy atom. The summed E-state index contributed by atoms with van der Waals surface area (Å²) in [5.41, 5.74) is 7.89. The van der Waals surface area contributed by atoms with Gasteiger partial charge in [-0.1, -0.05) is 18.2 Å². The molecular formula is C19H22N4O4. The van der Waals surface area contributed by atoms with Crippen molar-refractivity contribution in [1.29, 1.82) is 0 Å². The Balaban J connectivity index is 1.72. The van der Waals surface area contributed by atoms with Crippen LogP contribution in [0, 0.1) is 0 Å². The van der Waals surface area contributed by atoms with Gasteiger partial charge in [-0.05, 0) is 37.1 Å². The van der Waals surface area contributed by atoms with Crippen LogP contribution in [0.2, 0.25) is 0 Å². The van der Waals surface area contributed by atoms with Gasteiger partial charge in [0.05, 0.1) is 11.1 Å². The monoisotopic (exact) mass is 370 g/mol. The number of piperidine rings is 1. The third kappa shape index (κ3) is 3.81. The first-order chi connectivity index (χ1) is 12.9. The number of nitrogens with one attached hydrogen (secondary N) is 2. The normalized spacial score (nSPS) is 19.3. The predicted octanol–water partition coefficient (Wildman–Crippen LogP) is 0.0824. The van der Waals surface area contributed by atoms with Crippen molar-refractivity contribution in [3.8, 4) is 0 Å². The number of fused-ring (bicyclic) bond motifs is 1. The lowest BCUT2D eigenvalue weighted by Crippen LogP contribution is -2.54. The molecule has 1 unspecified atom stereocenters. The molecule has 1 aromatic rings. The van der Waals surface area contributed by atoms with Crippen molar-refractivity contribution < 1.29 is 19.2 Å². The Hall–Kier alpha value is -2.84. The van der Waals surface area contributed by atoms with E-state index in [0.29, 0.717) is 19.6 Å². The Morgan fingerprint density at radius 2 is 1.96 bits per heavy atom. The molecule has 0 radical (unpaired) electrons. The van der Waals surface area contributed by atoms with Crippen LogP contribution in [-0.4, -0.2) is 47.7 Å². The fourth-order valence-electron chi connectivity index (χ4n) is 3.30. The van der Waals surface area contributed by atoms with Crippen LogP contribution in [0.25, 0.3) is 0 Å². The first kappa shape index (κ1) is 18.9. The van der Waals surface area contributed by atoms with Crippen molar-refractivity contribution in [2.75, 3.05) is 13.1 Å². The molecule has 4 N–H and O–H groups in total. The van der Waals surface area contributed by atoms with Gasteiger partial charge in [-0.2, -0.15) is 0 Å². The van der Waals surface area contributed by atoms with Crippen LogP contribution in [0.15, 0.2) is 30.4 Å². The van der Waals surface area contributed by atoms with Gasteiger partial charge in [0.1, 0.15) is 6.04 Å². The van der Waals surface area contributed by atoms with E-state index < -0.39 is 29.7 Å². The first-order valence-corrected chi connectivity index (χ1v) is 8.84. The molecule has 4 amide bonds. The highest BCUT2D eigenvalue weighted by Crippen LogP contribution is 2.28. The Bertz CT molecular complexity index is 833. The van der Waals surface area contributed by atoms with Crippen molar-refractivity contribution >= 4 is 23.6 Å². The minimum Gasteiger partial charge on any atom is -0.330 e. The van der Waals surface area contributed by atoms with Crippen LogP contribution >= 0.6 is 0 Å². The number of rotatable bonds is 7. The van der Waals surface area contributed by atoms with Gasteiger partial charge in [-0.3, -0.25) is 29.4 Å². The number of carbonyl (C=O) groups excluding carboxylic acids is 4. The van der Waals surface area contributed by atoms with E-state index in [2.05, 4.69) is 17.2 Å². The number of hydrogen-bond acceptors (Lipinski definition) is 6. The van der Waals surface area contributed by atoms with Gasteiger partial charge >= 0.3 is 0 Å². The van der Waals surface area contributed by atoms with E-state index >= 15 is 0 Å². The molecule has 27 heavy (non-hydrogen) atoms. The highest BCUT2D eigenvalue weighted by molar-refractivity contribution is 6.23. The largest absolute Gasteiger partial charge is 0.330 e. The predicted molar refractivity (Wildman–Crippen MR) is 97.6 cm³/mol. The molecule has 1 fully saturated rings. The number of hydrogen-bond donors (Lipinski definition) is 3. The van der Waals surface area contributed by atoms with E-state index in [1.54, 1.807) is 18.2 Å². The number of nitrogens with two attached hydrogens (primary N) is 1. The molecule has 0 aliphatic carbocycles. The molecule has 8 heteroatoms. The molecule has 0 saturated carbocycles. The molecule has 142 valence electrons. The van der Waals surface area contributed by atoms with Crippen LogP contribution in [0.4, 0.5) is 0 Å². The van der Waals surface area contributed by atoms with Gasteiger partial charge in [-0.15, -0.1) is 0 Å². The molecule has 2 aliphatic rings. The maximum atomic E-state index is 12.7. The Kier molecular flexibility index (Phi) is 5.48. The van der Waals surface area contributed by atoms with Crippen LogP contribution in [0.3, 0.4) is 0 Å². The third-order valence-electron chi connectivity index (χ3n) is 4.71. The van der Waals surface area contributed by atoms with Gasteiger partial charge in [0.25, 0.3) is 11.8 Å². The van der Waals surface area contributed by atoms with Crippen molar-refractivity contribution in [3.63, 3.8) is 0 Å². The summed E-state index contributed by atoms with van der Waals surface area (Å²) in [5.74, 6) is -2.00. The molecule has 0 spiro atoms. The van der Waals surface area contributed by atoms with Gasteiger partial charge in [0.15, 0.2) is 0 Å². The van der Waals surface area contributed by atoms with E-state index in [1.807, 2.05) is 0 Å². The SMILES string of the molecule is C=C(CCN)CNCc1ccc2c(c1)C(=O)N(C1CCC(=O)NC1=O)C2=O. The second-order valence-corrected chi connectivity index (χ2v) is 6.72. The summed E-state index contributed by atoms with van der Waals surface area (Å²) < 4.78 is 0. The summed E-state index contributed by atoms with van der Waals surface area (Å²) in [4.78, 5) is 49.7. The van der Waals surface area contributed by atoms with E-state index in [0.717, 1.165) is 22.5 Å². The van der Waals surface area contributed by atoms with Crippen LogP contribution in [0.1, 0.15) is 45.5 Å². The minimum absolute atomic E-state index is 0.103. The van der Waals surface area contributed by atoms with E-state index in [-0.39, 0.29) is 24.0 Å². The number of carbonyl (C=O) groups is 4. The molecule has 2 heterocycles. The highest BCUT2D eigenvalue weighted by Gasteiger charge is 2.44. The lowest BCUT2D eigenvalue weighted by Gasteiger charge is -2.27. The van der Waals surface area contributed by atoms with Gasteiger partial charge in [0, 0.05) is 19.5 Å². The maximum absolute atomic E-state index is 12.7. The zero-order valence-electron chi connectivity index (χ0n) is 14.9. The summed E-state index contributed by atoms with van der Waals surface area (Å²) >= 11 is 0. The van der Waals surface area contributed by atoms with Crippen molar-refractivity contribution in [3.05, 3.63) is 47.0 Å². The standard InChI is InChI=1S/C19H22N4O4/c1-11(6-7-20)9-21-10-12-2-3-13-14(8-12)19(27)23(18(13)26)15-4-5-16(24)22-17(15)25/h2-3,8,15,21H,1,4-7,9-10,20H2,(H,22,24,25). The summed E-state index contributed by atoms with van der Waals surface area (Å²) in [6.45, 7) is 5.59. The number of imide groups is 2. The molecule has 8 nitrogen and oxygen atoms in total. The summed E-state index contributed by atoms with van der Waals surface area (Å²) in [6, 6.07) is 4.10. The lowest BCUT2D eigenvalue weighted by atomic mass is 10.0. The van der Waals surface area contributed by atoms with E-state index in [9.17, 15) is 19.2 Å². The molecule has 0 bridgehead atoms. The fraction of sp³-hybridized carbons (Fsp3) is 0.368. The molecule has 0 aromatic heterocycles. The first-order valence-electron chi connectivity index (χ1n) is 8.84. The smallest absolute Gasteiger partial charge is 0.262 e. The van der Waals surface area contributed by atoms with Crippen molar-refractivity contribution in [1.82, 2.24) is 15.5 Å². The minimum atomic E-state index is -0.948. The summed E-state index contributed by atoms with van der Waals surface area (Å²) in [7, 11) is 0. The molecule has 2 aliphatic heterocycles. The average molecular weight is 370 g/mol. The number of amides is 4. The Morgan fingerprint density at radius 3 is 2.67 bits per heavy atom. The van der Waals surface area contributed by atoms with E-state index in [4.69, 9.17) is 5.73 Å². The second kappa shape index (κ2) is 7.81. The van der Waals surface area contributed by atoms with Crippen LogP contribution in [-0.2, 0) is 16.1 Å². The molecule has 1 saturated heterocycles. The van der Waals surface area contributed by atoms with E-state index in [1.165, 1.54) is 0 Å². The fourth-order valence-corrected chi connectivity index (χ4v) is 3.30. The Labute approximate surface area is 156 Å². The number of benzene rings is 1. The van der Waals surface area contributed by atoms with Crippen molar-refractivity contribution in [2.24, 2.45) is 5.73 Å². The van der Waals surface area contributed by atoms with Gasteiger partial charge in [0.2, 0.25) is 11.8 Å².